The number of hydrogen-bond acceptors (Lipinski definition) is 4. The van der Waals surface area contributed by atoms with Gasteiger partial charge < -0.3 is 5.32 Å². The lowest BCUT2D eigenvalue weighted by atomic mass is 10.3. The quantitative estimate of drug-likeness (QED) is 0.921. The molecule has 2 rings (SSSR count). The zero-order chi connectivity index (χ0) is 15.5. The first-order valence-electron chi connectivity index (χ1n) is 6.42. The Balaban J connectivity index is 2.58. The summed E-state index contributed by atoms with van der Waals surface area (Å²) in [6.45, 7) is 1.75. The van der Waals surface area contributed by atoms with Crippen LogP contribution in [0.15, 0.2) is 47.6 Å². The standard InChI is InChI=1S/C14H16FN3O2S/c1-3-18(13-9-5-4-7-11(13)15)21(19,20)14-12(16-2)8-6-10-17-14/h4-10,16H,3H2,1-2H3. The molecule has 0 aliphatic carbocycles. The van der Waals surface area contributed by atoms with Crippen molar-refractivity contribution in [2.45, 2.75) is 11.9 Å². The number of nitrogens with one attached hydrogen (secondary N) is 1. The molecular weight excluding hydrogens is 293 g/mol. The summed E-state index contributed by atoms with van der Waals surface area (Å²) in [5, 5.41) is 2.66. The Hall–Kier alpha value is -2.15. The van der Waals surface area contributed by atoms with E-state index in [9.17, 15) is 12.8 Å². The van der Waals surface area contributed by atoms with E-state index in [0.29, 0.717) is 5.69 Å². The molecule has 0 unspecified atom stereocenters. The Kier molecular flexibility index (Phi) is 4.42. The van der Waals surface area contributed by atoms with Crippen molar-refractivity contribution in [2.24, 2.45) is 0 Å². The molecule has 1 N–H and O–H groups in total. The number of anilines is 2. The molecule has 0 atom stereocenters. The highest BCUT2D eigenvalue weighted by molar-refractivity contribution is 7.92. The van der Waals surface area contributed by atoms with Crippen LogP contribution in [0.1, 0.15) is 6.92 Å². The van der Waals surface area contributed by atoms with E-state index < -0.39 is 15.8 Å². The summed E-state index contributed by atoms with van der Waals surface area (Å²) in [5.41, 5.74) is 0.375. The average Bonchev–Trinajstić information content (AvgIpc) is 2.49. The predicted octanol–water partition coefficient (Wildman–Crippen LogP) is 2.48. The maximum atomic E-state index is 13.9. The summed E-state index contributed by atoms with van der Waals surface area (Å²) >= 11 is 0. The van der Waals surface area contributed by atoms with Crippen molar-refractivity contribution in [3.8, 4) is 0 Å². The van der Waals surface area contributed by atoms with Crippen LogP contribution in [-0.2, 0) is 10.0 Å². The topological polar surface area (TPSA) is 62.3 Å². The smallest absolute Gasteiger partial charge is 0.284 e. The lowest BCUT2D eigenvalue weighted by Crippen LogP contribution is -2.32. The Morgan fingerprint density at radius 2 is 1.95 bits per heavy atom. The first-order valence-corrected chi connectivity index (χ1v) is 7.86. The van der Waals surface area contributed by atoms with Crippen molar-refractivity contribution in [1.82, 2.24) is 4.98 Å². The molecule has 1 aromatic carbocycles. The number of rotatable bonds is 5. The van der Waals surface area contributed by atoms with E-state index in [1.807, 2.05) is 0 Å². The molecule has 0 aliphatic rings. The maximum absolute atomic E-state index is 13.9. The highest BCUT2D eigenvalue weighted by Crippen LogP contribution is 2.28. The molecule has 0 saturated heterocycles. The summed E-state index contributed by atoms with van der Waals surface area (Å²) < 4.78 is 40.4. The molecule has 0 amide bonds. The van der Waals surface area contributed by atoms with Crippen molar-refractivity contribution >= 4 is 21.4 Å². The predicted molar refractivity (Wildman–Crippen MR) is 80.4 cm³/mol. The third-order valence-electron chi connectivity index (χ3n) is 2.98. The van der Waals surface area contributed by atoms with Gasteiger partial charge in [0.05, 0.1) is 11.4 Å². The van der Waals surface area contributed by atoms with E-state index in [2.05, 4.69) is 10.3 Å². The molecule has 0 fully saturated rings. The van der Waals surface area contributed by atoms with Crippen LogP contribution < -0.4 is 9.62 Å². The summed E-state index contributed by atoms with van der Waals surface area (Å²) in [5.74, 6) is -0.593. The largest absolute Gasteiger partial charge is 0.386 e. The number of aromatic nitrogens is 1. The summed E-state index contributed by atoms with van der Waals surface area (Å²) in [6, 6.07) is 9.00. The van der Waals surface area contributed by atoms with Crippen LogP contribution in [0.25, 0.3) is 0 Å². The van der Waals surface area contributed by atoms with Gasteiger partial charge in [-0.05, 0) is 31.2 Å². The van der Waals surface area contributed by atoms with Crippen molar-refractivity contribution in [2.75, 3.05) is 23.2 Å². The maximum Gasteiger partial charge on any atom is 0.284 e. The Morgan fingerprint density at radius 1 is 1.24 bits per heavy atom. The minimum Gasteiger partial charge on any atom is -0.386 e. The van der Waals surface area contributed by atoms with Crippen molar-refractivity contribution in [1.29, 1.82) is 0 Å². The molecule has 112 valence electrons. The fourth-order valence-electron chi connectivity index (χ4n) is 2.01. The zero-order valence-corrected chi connectivity index (χ0v) is 12.6. The second-order valence-corrected chi connectivity index (χ2v) is 6.00. The molecule has 5 nitrogen and oxygen atoms in total. The zero-order valence-electron chi connectivity index (χ0n) is 11.7. The van der Waals surface area contributed by atoms with Crippen molar-refractivity contribution in [3.63, 3.8) is 0 Å². The number of sulfonamides is 1. The minimum atomic E-state index is -3.95. The van der Waals surface area contributed by atoms with Crippen LogP contribution in [-0.4, -0.2) is 27.0 Å². The van der Waals surface area contributed by atoms with E-state index in [-0.39, 0.29) is 17.3 Å². The molecule has 0 aliphatic heterocycles. The molecule has 7 heteroatoms. The van der Waals surface area contributed by atoms with Gasteiger partial charge in [-0.2, -0.15) is 8.42 Å². The van der Waals surface area contributed by atoms with Gasteiger partial charge in [0, 0.05) is 19.8 Å². The lowest BCUT2D eigenvalue weighted by Gasteiger charge is -2.23. The van der Waals surface area contributed by atoms with E-state index in [1.165, 1.54) is 24.4 Å². The van der Waals surface area contributed by atoms with Gasteiger partial charge in [0.25, 0.3) is 10.0 Å². The van der Waals surface area contributed by atoms with Gasteiger partial charge in [0.15, 0.2) is 5.03 Å². The summed E-state index contributed by atoms with van der Waals surface area (Å²) in [4.78, 5) is 3.93. The number of hydrogen-bond donors (Lipinski definition) is 1. The van der Waals surface area contributed by atoms with Gasteiger partial charge in [-0.1, -0.05) is 12.1 Å². The molecule has 0 bridgehead atoms. The fraction of sp³-hybridized carbons (Fsp3) is 0.214. The Morgan fingerprint density at radius 3 is 2.57 bits per heavy atom. The third kappa shape index (κ3) is 2.82. The first-order chi connectivity index (χ1) is 10.0. The highest BCUT2D eigenvalue weighted by atomic mass is 32.2. The Labute approximate surface area is 123 Å². The molecule has 2 aromatic rings. The molecule has 1 aromatic heterocycles. The van der Waals surface area contributed by atoms with E-state index in [4.69, 9.17) is 0 Å². The van der Waals surface area contributed by atoms with Gasteiger partial charge in [-0.25, -0.2) is 9.37 Å². The molecule has 0 spiro atoms. The van der Waals surface area contributed by atoms with Crippen LogP contribution in [0, 0.1) is 5.82 Å². The lowest BCUT2D eigenvalue weighted by molar-refractivity contribution is 0.583. The fourth-order valence-corrected chi connectivity index (χ4v) is 3.61. The molecule has 0 radical (unpaired) electrons. The van der Waals surface area contributed by atoms with Gasteiger partial charge in [0.2, 0.25) is 0 Å². The number of pyridine rings is 1. The van der Waals surface area contributed by atoms with E-state index in [0.717, 1.165) is 4.31 Å². The van der Waals surface area contributed by atoms with E-state index in [1.54, 1.807) is 32.2 Å². The number of para-hydroxylation sites is 1. The average molecular weight is 309 g/mol. The second-order valence-electron chi connectivity index (χ2n) is 4.23. The highest BCUT2D eigenvalue weighted by Gasteiger charge is 2.29. The van der Waals surface area contributed by atoms with Crippen molar-refractivity contribution in [3.05, 3.63) is 48.4 Å². The van der Waals surface area contributed by atoms with Gasteiger partial charge in [0.1, 0.15) is 5.82 Å². The molecule has 0 saturated carbocycles. The molecular formula is C14H16FN3O2S. The normalized spacial score (nSPS) is 11.2. The summed E-state index contributed by atoms with van der Waals surface area (Å²) in [7, 11) is -2.34. The number of benzene rings is 1. The number of nitrogens with zero attached hydrogens (tertiary/aromatic N) is 2. The Bertz CT molecular complexity index is 735. The minimum absolute atomic E-state index is 0.00714. The monoisotopic (exact) mass is 309 g/mol. The van der Waals surface area contributed by atoms with Gasteiger partial charge in [-0.3, -0.25) is 4.31 Å². The number of halogens is 1. The molecule has 1 heterocycles. The van der Waals surface area contributed by atoms with Gasteiger partial charge >= 0.3 is 0 Å². The summed E-state index contributed by atoms with van der Waals surface area (Å²) in [6.07, 6.45) is 1.39. The van der Waals surface area contributed by atoms with E-state index >= 15 is 0 Å². The van der Waals surface area contributed by atoms with Crippen LogP contribution in [0.5, 0.6) is 0 Å². The third-order valence-corrected chi connectivity index (χ3v) is 4.83. The SMILES string of the molecule is CCN(c1ccccc1F)S(=O)(=O)c1ncccc1NC. The van der Waals surface area contributed by atoms with Gasteiger partial charge in [-0.15, -0.1) is 0 Å². The molecule has 21 heavy (non-hydrogen) atoms. The van der Waals surface area contributed by atoms with Crippen LogP contribution >= 0.6 is 0 Å². The van der Waals surface area contributed by atoms with Crippen LogP contribution in [0.3, 0.4) is 0 Å². The van der Waals surface area contributed by atoms with Crippen LogP contribution in [0.2, 0.25) is 0 Å². The van der Waals surface area contributed by atoms with Crippen molar-refractivity contribution < 1.29 is 12.8 Å². The first kappa shape index (κ1) is 15.2. The van der Waals surface area contributed by atoms with Crippen LogP contribution in [0.4, 0.5) is 15.8 Å². The second kappa shape index (κ2) is 6.09.